The zero-order valence-corrected chi connectivity index (χ0v) is 25.2. The van der Waals surface area contributed by atoms with Crippen LogP contribution < -0.4 is 5.32 Å². The number of hydrogen-bond donors (Lipinski definition) is 2. The molecule has 1 saturated heterocycles. The standard InChI is InChI=1S/C33H39F3N4O3/c1-19(2)40(20(3)4)31(43)26-16-22(17-28(41)37-18-21-9-8-10-23(15-21)33(34,35)36)30(42)39-14-13-25-24-11-6-7-12-27(24)38-29(25)32(26,39)5/h6-12,15,19-20,22,26,38H,13-14,16-18H2,1-5H3,(H,37,41)/t22?,26-,32+/m1/s1. The van der Waals surface area contributed by atoms with Crippen molar-refractivity contribution in [2.45, 2.75) is 84.2 Å². The van der Waals surface area contributed by atoms with E-state index in [1.54, 1.807) is 4.90 Å². The number of para-hydroxylation sites is 1. The Morgan fingerprint density at radius 3 is 2.47 bits per heavy atom. The van der Waals surface area contributed by atoms with Crippen LogP contribution >= 0.6 is 0 Å². The molecular formula is C33H39F3N4O3. The number of piperidine rings is 1. The van der Waals surface area contributed by atoms with E-state index in [-0.39, 0.29) is 43.3 Å². The highest BCUT2D eigenvalue weighted by Crippen LogP contribution is 2.50. The Morgan fingerprint density at radius 2 is 1.79 bits per heavy atom. The van der Waals surface area contributed by atoms with Gasteiger partial charge in [0.25, 0.3) is 0 Å². The number of carbonyl (C=O) groups is 3. The SMILES string of the molecule is CC(C)N(C(=O)[C@H]1CC(CC(=O)NCc2cccc(C(F)(F)F)c2)C(=O)N2CCc3c([nH]c4ccccc34)[C@]12C)C(C)C. The first-order chi connectivity index (χ1) is 20.2. The van der Waals surface area contributed by atoms with Crippen molar-refractivity contribution >= 4 is 28.6 Å². The number of benzene rings is 2. The molecule has 1 aromatic heterocycles. The molecule has 10 heteroatoms. The lowest BCUT2D eigenvalue weighted by Crippen LogP contribution is -2.65. The van der Waals surface area contributed by atoms with Crippen molar-refractivity contribution in [3.8, 4) is 0 Å². The summed E-state index contributed by atoms with van der Waals surface area (Å²) in [7, 11) is 0. The number of halogens is 3. The fourth-order valence-corrected chi connectivity index (χ4v) is 7.17. The number of nitrogens with one attached hydrogen (secondary N) is 2. The van der Waals surface area contributed by atoms with Gasteiger partial charge in [-0.05, 0) is 76.8 Å². The van der Waals surface area contributed by atoms with Crippen LogP contribution in [-0.4, -0.2) is 51.1 Å². The minimum atomic E-state index is -4.48. The number of rotatable bonds is 7. The molecule has 2 aliphatic rings. The van der Waals surface area contributed by atoms with Gasteiger partial charge in [0, 0.05) is 54.1 Å². The molecule has 3 amide bonds. The maximum atomic E-state index is 14.4. The molecule has 0 aliphatic carbocycles. The summed E-state index contributed by atoms with van der Waals surface area (Å²) in [6.07, 6.45) is -3.83. The van der Waals surface area contributed by atoms with Crippen LogP contribution in [0.15, 0.2) is 48.5 Å². The Balaban J connectivity index is 1.45. The molecule has 2 aliphatic heterocycles. The first-order valence-corrected chi connectivity index (χ1v) is 14.9. The quantitative estimate of drug-likeness (QED) is 0.363. The van der Waals surface area contributed by atoms with Crippen molar-refractivity contribution in [1.82, 2.24) is 20.1 Å². The summed E-state index contributed by atoms with van der Waals surface area (Å²) in [5, 5.41) is 3.77. The highest BCUT2D eigenvalue weighted by Gasteiger charge is 2.57. The van der Waals surface area contributed by atoms with E-state index in [0.717, 1.165) is 34.3 Å². The van der Waals surface area contributed by atoms with Crippen molar-refractivity contribution < 1.29 is 27.6 Å². The van der Waals surface area contributed by atoms with E-state index < -0.39 is 35.0 Å². The third-order valence-corrected chi connectivity index (χ3v) is 9.12. The fourth-order valence-electron chi connectivity index (χ4n) is 7.17. The zero-order valence-electron chi connectivity index (χ0n) is 25.2. The molecule has 230 valence electrons. The van der Waals surface area contributed by atoms with Crippen LogP contribution in [0.25, 0.3) is 10.9 Å². The summed E-state index contributed by atoms with van der Waals surface area (Å²) >= 11 is 0. The average Bonchev–Trinajstić information content (AvgIpc) is 3.33. The second-order valence-corrected chi connectivity index (χ2v) is 12.5. The molecule has 7 nitrogen and oxygen atoms in total. The molecule has 3 heterocycles. The number of alkyl halides is 3. The summed E-state index contributed by atoms with van der Waals surface area (Å²) in [6.45, 7) is 10.2. The third-order valence-electron chi connectivity index (χ3n) is 9.12. The highest BCUT2D eigenvalue weighted by atomic mass is 19.4. The van der Waals surface area contributed by atoms with E-state index in [1.807, 2.05) is 57.7 Å². The predicted octanol–water partition coefficient (Wildman–Crippen LogP) is 5.77. The van der Waals surface area contributed by atoms with Gasteiger partial charge in [0.1, 0.15) is 0 Å². The molecule has 43 heavy (non-hydrogen) atoms. The number of nitrogens with zero attached hydrogens (tertiary/aromatic N) is 2. The van der Waals surface area contributed by atoms with Crippen molar-refractivity contribution in [3.63, 3.8) is 0 Å². The molecular weight excluding hydrogens is 557 g/mol. The molecule has 1 unspecified atom stereocenters. The van der Waals surface area contributed by atoms with Crippen LogP contribution in [0.5, 0.6) is 0 Å². The summed E-state index contributed by atoms with van der Waals surface area (Å²) in [4.78, 5) is 48.7. The largest absolute Gasteiger partial charge is 0.416 e. The summed E-state index contributed by atoms with van der Waals surface area (Å²) in [5.74, 6) is -2.05. The Hall–Kier alpha value is -3.82. The van der Waals surface area contributed by atoms with E-state index >= 15 is 0 Å². The highest BCUT2D eigenvalue weighted by molar-refractivity contribution is 5.93. The van der Waals surface area contributed by atoms with Crippen molar-refractivity contribution in [1.29, 1.82) is 0 Å². The second kappa shape index (κ2) is 11.4. The monoisotopic (exact) mass is 596 g/mol. The van der Waals surface area contributed by atoms with Crippen molar-refractivity contribution in [2.75, 3.05) is 6.54 Å². The first kappa shape index (κ1) is 30.6. The van der Waals surface area contributed by atoms with E-state index in [0.29, 0.717) is 18.5 Å². The molecule has 2 N–H and O–H groups in total. The molecule has 2 aromatic carbocycles. The molecule has 1 fully saturated rings. The van der Waals surface area contributed by atoms with Gasteiger partial charge in [-0.1, -0.05) is 30.3 Å². The lowest BCUT2D eigenvalue weighted by Gasteiger charge is -2.54. The van der Waals surface area contributed by atoms with E-state index in [2.05, 4.69) is 16.4 Å². The summed E-state index contributed by atoms with van der Waals surface area (Å²) < 4.78 is 39.4. The van der Waals surface area contributed by atoms with E-state index in [9.17, 15) is 27.6 Å². The Bertz CT molecular complexity index is 1540. The van der Waals surface area contributed by atoms with Crippen molar-refractivity contribution in [2.24, 2.45) is 11.8 Å². The minimum Gasteiger partial charge on any atom is -0.356 e. The number of aromatic amines is 1. The lowest BCUT2D eigenvalue weighted by atomic mass is 9.67. The zero-order chi connectivity index (χ0) is 31.3. The second-order valence-electron chi connectivity index (χ2n) is 12.5. The van der Waals surface area contributed by atoms with Gasteiger partial charge < -0.3 is 20.1 Å². The Labute approximate surface area is 249 Å². The van der Waals surface area contributed by atoms with Crippen LogP contribution in [0.1, 0.15) is 69.8 Å². The van der Waals surface area contributed by atoms with Crippen LogP contribution in [0, 0.1) is 11.8 Å². The van der Waals surface area contributed by atoms with Crippen LogP contribution in [0.3, 0.4) is 0 Å². The molecule has 5 rings (SSSR count). The lowest BCUT2D eigenvalue weighted by molar-refractivity contribution is -0.166. The first-order valence-electron chi connectivity index (χ1n) is 14.9. The Kier molecular flexibility index (Phi) is 8.09. The van der Waals surface area contributed by atoms with Gasteiger partial charge in [-0.15, -0.1) is 0 Å². The van der Waals surface area contributed by atoms with E-state index in [1.165, 1.54) is 12.1 Å². The maximum Gasteiger partial charge on any atom is 0.416 e. The fraction of sp³-hybridized carbons (Fsp3) is 0.485. The molecule has 3 atom stereocenters. The number of hydrogen-bond acceptors (Lipinski definition) is 3. The smallest absolute Gasteiger partial charge is 0.356 e. The molecule has 0 radical (unpaired) electrons. The van der Waals surface area contributed by atoms with Gasteiger partial charge >= 0.3 is 6.18 Å². The van der Waals surface area contributed by atoms with Gasteiger partial charge in [-0.2, -0.15) is 13.2 Å². The molecule has 0 saturated carbocycles. The molecule has 3 aromatic rings. The number of fused-ring (bicyclic) bond motifs is 5. The normalized spacial score (nSPS) is 22.1. The maximum absolute atomic E-state index is 14.4. The molecule has 0 spiro atoms. The number of carbonyl (C=O) groups excluding carboxylic acids is 3. The summed E-state index contributed by atoms with van der Waals surface area (Å²) in [5.41, 5.74) is 1.52. The summed E-state index contributed by atoms with van der Waals surface area (Å²) in [6, 6.07) is 12.6. The van der Waals surface area contributed by atoms with Crippen LogP contribution in [0.2, 0.25) is 0 Å². The third kappa shape index (κ3) is 5.52. The number of aromatic nitrogens is 1. The van der Waals surface area contributed by atoms with Gasteiger partial charge in [0.05, 0.1) is 17.0 Å². The van der Waals surface area contributed by atoms with E-state index in [4.69, 9.17) is 0 Å². The Morgan fingerprint density at radius 1 is 1.09 bits per heavy atom. The molecule has 0 bridgehead atoms. The minimum absolute atomic E-state index is 0.0640. The van der Waals surface area contributed by atoms with Gasteiger partial charge in [-0.25, -0.2) is 0 Å². The van der Waals surface area contributed by atoms with Crippen LogP contribution in [0.4, 0.5) is 13.2 Å². The average molecular weight is 597 g/mol. The predicted molar refractivity (Wildman–Crippen MR) is 158 cm³/mol. The number of amides is 3. The number of H-pyrrole nitrogens is 1. The van der Waals surface area contributed by atoms with Gasteiger partial charge in [0.15, 0.2) is 0 Å². The van der Waals surface area contributed by atoms with Crippen molar-refractivity contribution in [3.05, 3.63) is 70.9 Å². The van der Waals surface area contributed by atoms with Crippen LogP contribution in [-0.2, 0) is 39.1 Å². The van der Waals surface area contributed by atoms with Gasteiger partial charge in [-0.3, -0.25) is 14.4 Å². The van der Waals surface area contributed by atoms with Gasteiger partial charge in [0.2, 0.25) is 17.7 Å². The topological polar surface area (TPSA) is 85.5 Å².